The van der Waals surface area contributed by atoms with E-state index in [0.29, 0.717) is 11.3 Å². The Balaban J connectivity index is 2.85. The molecule has 14 heavy (non-hydrogen) atoms. The molecule has 0 aliphatic carbocycles. The Hall–Kier alpha value is -1.73. The number of nitrogens with zero attached hydrogens (tertiary/aromatic N) is 1. The van der Waals surface area contributed by atoms with Crippen molar-refractivity contribution in [1.29, 1.82) is 0 Å². The van der Waals surface area contributed by atoms with Crippen molar-refractivity contribution < 1.29 is 9.90 Å². The Bertz CT molecular complexity index is 421. The molecule has 1 aromatic heterocycles. The van der Waals surface area contributed by atoms with Crippen LogP contribution >= 0.6 is 11.6 Å². The lowest BCUT2D eigenvalue weighted by Gasteiger charge is -1.96. The van der Waals surface area contributed by atoms with Crippen LogP contribution in [0.5, 0.6) is 0 Å². The monoisotopic (exact) mass is 210 g/mol. The summed E-state index contributed by atoms with van der Waals surface area (Å²) < 4.78 is 0. The van der Waals surface area contributed by atoms with E-state index in [0.717, 1.165) is 0 Å². The van der Waals surface area contributed by atoms with E-state index in [9.17, 15) is 4.79 Å². The van der Waals surface area contributed by atoms with Crippen LogP contribution in [0.1, 0.15) is 12.0 Å². The van der Waals surface area contributed by atoms with E-state index in [1.807, 2.05) is 0 Å². The molecular weight excluding hydrogens is 204 g/mol. The summed E-state index contributed by atoms with van der Waals surface area (Å²) in [6.45, 7) is 0. The number of carboxylic acids is 1. The van der Waals surface area contributed by atoms with Crippen LogP contribution in [0.4, 0.5) is 5.69 Å². The minimum absolute atomic E-state index is 0.220. The summed E-state index contributed by atoms with van der Waals surface area (Å²) in [7, 11) is 0. The van der Waals surface area contributed by atoms with Crippen molar-refractivity contribution in [3.63, 3.8) is 0 Å². The summed E-state index contributed by atoms with van der Waals surface area (Å²) in [4.78, 5) is 13.9. The quantitative estimate of drug-likeness (QED) is 0.539. The Labute approximate surface area is 85.7 Å². The van der Waals surface area contributed by atoms with Gasteiger partial charge in [-0.15, -0.1) is 0 Å². The van der Waals surface area contributed by atoms with Gasteiger partial charge in [0.2, 0.25) is 0 Å². The molecule has 72 valence electrons. The SMILES string of the molecule is Nc1cc(Cl)ncc1C#CCC(=O)O. The first-order valence-electron chi connectivity index (χ1n) is 3.71. The number of nitrogens with two attached hydrogens (primary N) is 1. The topological polar surface area (TPSA) is 76.2 Å². The molecule has 0 radical (unpaired) electrons. The zero-order valence-electron chi connectivity index (χ0n) is 7.12. The van der Waals surface area contributed by atoms with Gasteiger partial charge in [-0.25, -0.2) is 4.98 Å². The van der Waals surface area contributed by atoms with Gasteiger partial charge in [0.1, 0.15) is 11.6 Å². The predicted octanol–water partition coefficient (Wildman–Crippen LogP) is 1.14. The van der Waals surface area contributed by atoms with Gasteiger partial charge in [0.15, 0.2) is 0 Å². The van der Waals surface area contributed by atoms with Crippen molar-refractivity contribution in [3.05, 3.63) is 23.0 Å². The molecule has 1 aromatic rings. The third kappa shape index (κ3) is 2.96. The summed E-state index contributed by atoms with van der Waals surface area (Å²) in [6.07, 6.45) is 1.19. The van der Waals surface area contributed by atoms with E-state index in [2.05, 4.69) is 16.8 Å². The minimum atomic E-state index is -0.974. The second kappa shape index (κ2) is 4.49. The molecule has 0 saturated heterocycles. The molecule has 0 atom stereocenters. The number of aromatic nitrogens is 1. The molecule has 0 unspecified atom stereocenters. The highest BCUT2D eigenvalue weighted by Crippen LogP contribution is 2.13. The summed E-state index contributed by atoms with van der Waals surface area (Å²) in [5.74, 6) is 4.07. The lowest BCUT2D eigenvalue weighted by atomic mass is 10.2. The number of pyridine rings is 1. The summed E-state index contributed by atoms with van der Waals surface area (Å²) in [5.41, 5.74) is 6.44. The standard InChI is InChI=1S/C9H7ClN2O2/c10-8-4-7(11)6(5-12-8)2-1-3-9(13)14/h4-5H,3H2,(H2,11,12)(H,13,14). The van der Waals surface area contributed by atoms with Crippen LogP contribution in [0.2, 0.25) is 5.15 Å². The second-order valence-electron chi connectivity index (χ2n) is 2.47. The summed E-state index contributed by atoms with van der Waals surface area (Å²) >= 11 is 5.57. The number of anilines is 1. The van der Waals surface area contributed by atoms with Crippen LogP contribution < -0.4 is 5.73 Å². The van der Waals surface area contributed by atoms with Crippen LogP contribution in [0.3, 0.4) is 0 Å². The van der Waals surface area contributed by atoms with E-state index in [1.54, 1.807) is 0 Å². The molecule has 1 heterocycles. The first-order valence-corrected chi connectivity index (χ1v) is 4.09. The number of aliphatic carboxylic acids is 1. The highest BCUT2D eigenvalue weighted by atomic mass is 35.5. The van der Waals surface area contributed by atoms with Crippen molar-refractivity contribution in [1.82, 2.24) is 4.98 Å². The second-order valence-corrected chi connectivity index (χ2v) is 2.85. The van der Waals surface area contributed by atoms with Crippen molar-refractivity contribution >= 4 is 23.3 Å². The Morgan fingerprint density at radius 1 is 1.71 bits per heavy atom. The number of hydrogen-bond donors (Lipinski definition) is 2. The molecule has 0 saturated carbocycles. The molecule has 0 bridgehead atoms. The van der Waals surface area contributed by atoms with Crippen molar-refractivity contribution in [2.24, 2.45) is 0 Å². The van der Waals surface area contributed by atoms with E-state index in [1.165, 1.54) is 12.3 Å². The Morgan fingerprint density at radius 2 is 2.43 bits per heavy atom. The predicted molar refractivity (Wildman–Crippen MR) is 52.8 cm³/mol. The fourth-order valence-electron chi connectivity index (χ4n) is 0.764. The van der Waals surface area contributed by atoms with Crippen LogP contribution in [0.25, 0.3) is 0 Å². The van der Waals surface area contributed by atoms with Crippen LogP contribution in [0, 0.1) is 11.8 Å². The number of rotatable bonds is 1. The van der Waals surface area contributed by atoms with Crippen LogP contribution in [0.15, 0.2) is 12.3 Å². The van der Waals surface area contributed by atoms with Crippen LogP contribution in [-0.4, -0.2) is 16.1 Å². The van der Waals surface area contributed by atoms with Gasteiger partial charge in [-0.1, -0.05) is 23.4 Å². The lowest BCUT2D eigenvalue weighted by molar-refractivity contribution is -0.135. The largest absolute Gasteiger partial charge is 0.481 e. The number of halogens is 1. The molecule has 0 aliphatic rings. The molecule has 0 spiro atoms. The van der Waals surface area contributed by atoms with Gasteiger partial charge in [0.05, 0.1) is 11.3 Å². The zero-order chi connectivity index (χ0) is 10.6. The lowest BCUT2D eigenvalue weighted by Crippen LogP contribution is -1.93. The third-order valence-corrected chi connectivity index (χ3v) is 1.57. The van der Waals surface area contributed by atoms with Gasteiger partial charge in [0, 0.05) is 6.20 Å². The van der Waals surface area contributed by atoms with Gasteiger partial charge in [-0.05, 0) is 6.07 Å². The molecule has 0 aliphatic heterocycles. The van der Waals surface area contributed by atoms with Crippen molar-refractivity contribution in [3.8, 4) is 11.8 Å². The average Bonchev–Trinajstić information content (AvgIpc) is 2.08. The molecule has 0 fully saturated rings. The Morgan fingerprint density at radius 3 is 3.00 bits per heavy atom. The number of carboxylic acid groups (broad SMARTS) is 1. The molecule has 0 aromatic carbocycles. The fourth-order valence-corrected chi connectivity index (χ4v) is 0.930. The van der Waals surface area contributed by atoms with Gasteiger partial charge < -0.3 is 10.8 Å². The summed E-state index contributed by atoms with van der Waals surface area (Å²) in [6, 6.07) is 1.46. The fraction of sp³-hybridized carbons (Fsp3) is 0.111. The highest BCUT2D eigenvalue weighted by Gasteiger charge is 1.97. The van der Waals surface area contributed by atoms with Gasteiger partial charge in [-0.3, -0.25) is 4.79 Å². The molecule has 1 rings (SSSR count). The van der Waals surface area contributed by atoms with Gasteiger partial charge in [-0.2, -0.15) is 0 Å². The summed E-state index contributed by atoms with van der Waals surface area (Å²) in [5, 5.41) is 8.62. The number of nitrogen functional groups attached to an aromatic ring is 1. The molecule has 0 amide bonds. The van der Waals surface area contributed by atoms with Crippen molar-refractivity contribution in [2.45, 2.75) is 6.42 Å². The maximum Gasteiger partial charge on any atom is 0.315 e. The molecular formula is C9H7ClN2O2. The number of carbonyl (C=O) groups is 1. The van der Waals surface area contributed by atoms with E-state index >= 15 is 0 Å². The first-order chi connectivity index (χ1) is 6.59. The Kier molecular flexibility index (Phi) is 3.32. The third-order valence-electron chi connectivity index (χ3n) is 1.37. The average molecular weight is 211 g/mol. The zero-order valence-corrected chi connectivity index (χ0v) is 7.88. The van der Waals surface area contributed by atoms with Crippen molar-refractivity contribution in [2.75, 3.05) is 5.73 Å². The highest BCUT2D eigenvalue weighted by molar-refractivity contribution is 6.29. The molecule has 3 N–H and O–H groups in total. The van der Waals surface area contributed by atoms with Crippen LogP contribution in [-0.2, 0) is 4.79 Å². The van der Waals surface area contributed by atoms with Gasteiger partial charge >= 0.3 is 5.97 Å². The number of hydrogen-bond acceptors (Lipinski definition) is 3. The van der Waals surface area contributed by atoms with E-state index in [4.69, 9.17) is 22.4 Å². The maximum absolute atomic E-state index is 10.2. The smallest absolute Gasteiger partial charge is 0.315 e. The molecule has 5 heteroatoms. The minimum Gasteiger partial charge on any atom is -0.481 e. The maximum atomic E-state index is 10.2. The first kappa shape index (κ1) is 10.4. The van der Waals surface area contributed by atoms with E-state index < -0.39 is 5.97 Å². The normalized spacial score (nSPS) is 8.93. The molecule has 4 nitrogen and oxygen atoms in total. The van der Waals surface area contributed by atoms with E-state index in [-0.39, 0.29) is 11.6 Å². The van der Waals surface area contributed by atoms with Gasteiger partial charge in [0.25, 0.3) is 0 Å².